The highest BCUT2D eigenvalue weighted by Crippen LogP contribution is 2.52. The minimum Gasteiger partial charge on any atom is -0.457 e. The van der Waals surface area contributed by atoms with Gasteiger partial charge in [0.1, 0.15) is 17.5 Å². The van der Waals surface area contributed by atoms with Gasteiger partial charge < -0.3 is 4.74 Å². The number of rotatable bonds is 5. The summed E-state index contributed by atoms with van der Waals surface area (Å²) in [5.41, 5.74) is -1.94. The van der Waals surface area contributed by atoms with E-state index in [0.717, 1.165) is 18.2 Å². The van der Waals surface area contributed by atoms with Gasteiger partial charge in [0.25, 0.3) is 5.56 Å². The molecule has 2 aromatic carbocycles. The second kappa shape index (κ2) is 8.97. The van der Waals surface area contributed by atoms with Gasteiger partial charge in [0.2, 0.25) is 0 Å². The molecule has 0 spiro atoms. The highest BCUT2D eigenvalue weighted by molar-refractivity contribution is 8.24. The minimum atomic E-state index is -3.77. The average Bonchev–Trinajstić information content (AvgIpc) is 2.78. The van der Waals surface area contributed by atoms with Gasteiger partial charge in [0.15, 0.2) is 11.6 Å². The number of esters is 1. The summed E-state index contributed by atoms with van der Waals surface area (Å²) in [5.74, 6) is -4.27. The molecule has 3 aromatic rings. The van der Waals surface area contributed by atoms with Crippen molar-refractivity contribution in [3.05, 3.63) is 103 Å². The Labute approximate surface area is 191 Å². The lowest BCUT2D eigenvalue weighted by atomic mass is 10.2. The van der Waals surface area contributed by atoms with Crippen molar-refractivity contribution in [2.45, 2.75) is 18.2 Å². The van der Waals surface area contributed by atoms with Gasteiger partial charge in [-0.25, -0.2) is 22.8 Å². The van der Waals surface area contributed by atoms with Crippen molar-refractivity contribution >= 4 is 22.6 Å². The predicted molar refractivity (Wildman–Crippen MR) is 117 cm³/mol. The van der Waals surface area contributed by atoms with Crippen LogP contribution in [-0.2, 0) is 22.7 Å². The number of carbonyl (C=O) groups excluding carboxylic acids is 1. The molecule has 0 saturated carbocycles. The summed E-state index contributed by atoms with van der Waals surface area (Å²) in [6.45, 7) is -0.662. The molecule has 3 N–H and O–H groups in total. The number of aromatic amines is 1. The van der Waals surface area contributed by atoms with E-state index in [2.05, 4.69) is 4.98 Å². The number of nitrogens with zero attached hydrogens (tertiary/aromatic N) is 1. The van der Waals surface area contributed by atoms with E-state index >= 15 is 0 Å². The van der Waals surface area contributed by atoms with Crippen LogP contribution in [-0.4, -0.2) is 30.4 Å². The van der Waals surface area contributed by atoms with Crippen LogP contribution in [0.1, 0.15) is 16.7 Å². The number of carbonyl (C=O) groups is 1. The Bertz CT molecular complexity index is 1430. The number of benzene rings is 2. The first-order valence-corrected chi connectivity index (χ1v) is 11.5. The zero-order chi connectivity index (χ0) is 24.6. The van der Waals surface area contributed by atoms with Crippen molar-refractivity contribution in [2.75, 3.05) is 5.75 Å². The summed E-state index contributed by atoms with van der Waals surface area (Å²) in [6.07, 6.45) is 1.08. The maximum atomic E-state index is 13.5. The second-order valence-electron chi connectivity index (χ2n) is 7.50. The molecule has 0 fully saturated rings. The first kappa shape index (κ1) is 23.5. The van der Waals surface area contributed by atoms with E-state index in [1.807, 2.05) is 0 Å². The van der Waals surface area contributed by atoms with Gasteiger partial charge in [0, 0.05) is 0 Å². The molecule has 1 aliphatic heterocycles. The van der Waals surface area contributed by atoms with Gasteiger partial charge in [-0.3, -0.25) is 23.5 Å². The van der Waals surface area contributed by atoms with Crippen molar-refractivity contribution in [3.8, 4) is 0 Å². The molecule has 34 heavy (non-hydrogen) atoms. The molecule has 0 atom stereocenters. The second-order valence-corrected chi connectivity index (χ2v) is 9.53. The lowest BCUT2D eigenvalue weighted by molar-refractivity contribution is -0.140. The predicted octanol–water partition coefficient (Wildman–Crippen LogP) is 3.25. The van der Waals surface area contributed by atoms with Crippen molar-refractivity contribution in [1.29, 1.82) is 0 Å². The van der Waals surface area contributed by atoms with Crippen LogP contribution in [0.15, 0.2) is 62.7 Å². The van der Waals surface area contributed by atoms with Gasteiger partial charge in [0.05, 0.1) is 23.4 Å². The molecule has 0 amide bonds. The van der Waals surface area contributed by atoms with Crippen LogP contribution in [0.4, 0.5) is 13.2 Å². The van der Waals surface area contributed by atoms with E-state index in [0.29, 0.717) is 10.1 Å². The van der Waals surface area contributed by atoms with Crippen molar-refractivity contribution in [3.63, 3.8) is 0 Å². The van der Waals surface area contributed by atoms with Crippen LogP contribution in [0.3, 0.4) is 0 Å². The van der Waals surface area contributed by atoms with Gasteiger partial charge >= 0.3 is 11.7 Å². The molecule has 1 aromatic heterocycles. The van der Waals surface area contributed by atoms with Gasteiger partial charge in [-0.15, -0.1) is 10.6 Å². The lowest BCUT2D eigenvalue weighted by Crippen LogP contribution is -2.39. The fraction of sp³-hybridized carbons (Fsp3) is 0.136. The topological polar surface area (TPSA) is 122 Å². The number of aromatic nitrogens is 2. The SMILES string of the molecule is O=C(OCc1ccc(F)cc1)C1=Cc2c([nH]c(=O)n(Cc3ccc(F)c(F)c3)c2=O)S(O)(O)C1. The standard InChI is InChI=1S/C22H17F3N2O6S/c23-15-4-1-12(2-5-15)10-33-21(29)14-8-16-19(34(31,32)11-14)26-22(30)27(20(16)28)9-13-3-6-17(24)18(25)7-13/h1-8,31-32H,9-11H2,(H,26,30). The largest absolute Gasteiger partial charge is 0.457 e. The number of hydrogen-bond donors (Lipinski definition) is 3. The van der Waals surface area contributed by atoms with Gasteiger partial charge in [-0.2, -0.15) is 0 Å². The summed E-state index contributed by atoms with van der Waals surface area (Å²) < 4.78 is 66.5. The maximum Gasteiger partial charge on any atom is 0.335 e. The molecule has 0 radical (unpaired) electrons. The highest BCUT2D eigenvalue weighted by atomic mass is 32.3. The molecule has 2 heterocycles. The summed E-state index contributed by atoms with van der Waals surface area (Å²) in [5, 5.41) is -0.431. The van der Waals surface area contributed by atoms with Crippen LogP contribution in [0, 0.1) is 17.5 Å². The normalized spacial score (nSPS) is 15.3. The Hall–Kier alpha value is -3.61. The molecule has 0 unspecified atom stereocenters. The van der Waals surface area contributed by atoms with E-state index in [1.165, 1.54) is 30.3 Å². The summed E-state index contributed by atoms with van der Waals surface area (Å²) in [7, 11) is -3.77. The number of nitrogens with one attached hydrogen (secondary N) is 1. The molecule has 4 rings (SSSR count). The minimum absolute atomic E-state index is 0.108. The Kier molecular flexibility index (Phi) is 6.21. The van der Waals surface area contributed by atoms with Crippen LogP contribution in [0.2, 0.25) is 0 Å². The Morgan fingerprint density at radius 1 is 1.03 bits per heavy atom. The van der Waals surface area contributed by atoms with Crippen LogP contribution >= 0.6 is 10.6 Å². The van der Waals surface area contributed by atoms with E-state index < -0.39 is 62.6 Å². The molecule has 8 nitrogen and oxygen atoms in total. The van der Waals surface area contributed by atoms with Crippen molar-refractivity contribution in [1.82, 2.24) is 9.55 Å². The van der Waals surface area contributed by atoms with E-state index in [4.69, 9.17) is 4.74 Å². The summed E-state index contributed by atoms with van der Waals surface area (Å²) in [4.78, 5) is 40.2. The highest BCUT2D eigenvalue weighted by Gasteiger charge is 2.33. The van der Waals surface area contributed by atoms with Crippen molar-refractivity contribution in [2.24, 2.45) is 0 Å². The number of H-pyrrole nitrogens is 1. The third kappa shape index (κ3) is 4.69. The summed E-state index contributed by atoms with van der Waals surface area (Å²) >= 11 is 0. The molecule has 0 aliphatic carbocycles. The number of ether oxygens (including phenoxy) is 1. The third-order valence-electron chi connectivity index (χ3n) is 5.06. The van der Waals surface area contributed by atoms with Gasteiger partial charge in [-0.05, 0) is 41.5 Å². The van der Waals surface area contributed by atoms with Gasteiger partial charge in [-0.1, -0.05) is 18.2 Å². The smallest absolute Gasteiger partial charge is 0.335 e. The average molecular weight is 494 g/mol. The van der Waals surface area contributed by atoms with Crippen LogP contribution in [0.5, 0.6) is 0 Å². The number of hydrogen-bond acceptors (Lipinski definition) is 6. The monoisotopic (exact) mass is 494 g/mol. The first-order valence-electron chi connectivity index (χ1n) is 9.74. The summed E-state index contributed by atoms with van der Waals surface area (Å²) in [6, 6.07) is 8.02. The zero-order valence-corrected chi connectivity index (χ0v) is 18.1. The van der Waals surface area contributed by atoms with E-state index in [-0.39, 0.29) is 23.3 Å². The van der Waals surface area contributed by atoms with Crippen molar-refractivity contribution < 1.29 is 31.8 Å². The number of fused-ring (bicyclic) bond motifs is 1. The molecule has 12 heteroatoms. The Balaban J connectivity index is 1.67. The first-order chi connectivity index (χ1) is 16.0. The molecule has 0 saturated heterocycles. The Morgan fingerprint density at radius 3 is 2.38 bits per heavy atom. The van der Waals surface area contributed by atoms with Crippen LogP contribution in [0.25, 0.3) is 6.08 Å². The maximum absolute atomic E-state index is 13.5. The zero-order valence-electron chi connectivity index (χ0n) is 17.3. The molecule has 178 valence electrons. The lowest BCUT2D eigenvalue weighted by Gasteiger charge is -2.35. The fourth-order valence-corrected chi connectivity index (χ4v) is 4.89. The number of halogens is 3. The molecule has 0 bridgehead atoms. The van der Waals surface area contributed by atoms with E-state index in [1.54, 1.807) is 0 Å². The molecule has 1 aliphatic rings. The third-order valence-corrected chi connectivity index (χ3v) is 6.75. The molecular formula is C22H17F3N2O6S. The fourth-order valence-electron chi connectivity index (χ4n) is 3.36. The Morgan fingerprint density at radius 2 is 1.71 bits per heavy atom. The quantitative estimate of drug-likeness (QED) is 0.370. The van der Waals surface area contributed by atoms with Crippen LogP contribution < -0.4 is 11.2 Å². The van der Waals surface area contributed by atoms with E-state index in [9.17, 15) is 36.7 Å². The molecular weight excluding hydrogens is 477 g/mol.